The van der Waals surface area contributed by atoms with Crippen LogP contribution in [0, 0.1) is 12.7 Å². The molecule has 2 N–H and O–H groups in total. The normalized spacial score (nSPS) is 11.5. The lowest BCUT2D eigenvalue weighted by Gasteiger charge is -2.22. The van der Waals surface area contributed by atoms with E-state index in [9.17, 15) is 9.18 Å². The average Bonchev–Trinajstić information content (AvgIpc) is 2.68. The zero-order chi connectivity index (χ0) is 19.2. The van der Waals surface area contributed by atoms with Gasteiger partial charge in [0.05, 0.1) is 12.8 Å². The number of anilines is 2. The van der Waals surface area contributed by atoms with Crippen LogP contribution in [0.15, 0.2) is 72.8 Å². The largest absolute Gasteiger partial charge is 0.495 e. The highest BCUT2D eigenvalue weighted by molar-refractivity contribution is 5.97. The van der Waals surface area contributed by atoms with Gasteiger partial charge in [-0.2, -0.15) is 0 Å². The first-order valence-corrected chi connectivity index (χ1v) is 8.59. The second-order valence-electron chi connectivity index (χ2n) is 6.19. The second kappa shape index (κ2) is 8.36. The molecule has 0 unspecified atom stereocenters. The van der Waals surface area contributed by atoms with Gasteiger partial charge in [0, 0.05) is 5.69 Å². The Morgan fingerprint density at radius 2 is 1.70 bits per heavy atom. The van der Waals surface area contributed by atoms with Crippen molar-refractivity contribution in [2.24, 2.45) is 0 Å². The molecule has 3 rings (SSSR count). The number of benzene rings is 3. The Balaban J connectivity index is 1.91. The molecule has 0 aliphatic heterocycles. The van der Waals surface area contributed by atoms with Crippen LogP contribution in [0.3, 0.4) is 0 Å². The van der Waals surface area contributed by atoms with E-state index < -0.39 is 6.04 Å². The van der Waals surface area contributed by atoms with Crippen molar-refractivity contribution >= 4 is 17.3 Å². The fourth-order valence-corrected chi connectivity index (χ4v) is 2.78. The fourth-order valence-electron chi connectivity index (χ4n) is 2.78. The molecular weight excluding hydrogens is 343 g/mol. The van der Waals surface area contributed by atoms with Gasteiger partial charge in [0.25, 0.3) is 5.91 Å². The first kappa shape index (κ1) is 18.5. The summed E-state index contributed by atoms with van der Waals surface area (Å²) in [6.45, 7) is 1.97. The Labute approximate surface area is 158 Å². The first-order chi connectivity index (χ1) is 13.1. The van der Waals surface area contributed by atoms with Gasteiger partial charge in [0.1, 0.15) is 17.6 Å². The maximum absolute atomic E-state index is 13.1. The summed E-state index contributed by atoms with van der Waals surface area (Å²) in [6, 6.07) is 20.2. The number of amides is 1. The van der Waals surface area contributed by atoms with Gasteiger partial charge < -0.3 is 15.4 Å². The number of rotatable bonds is 6. The topological polar surface area (TPSA) is 50.4 Å². The van der Waals surface area contributed by atoms with E-state index in [-0.39, 0.29) is 11.7 Å². The van der Waals surface area contributed by atoms with Gasteiger partial charge in [-0.15, -0.1) is 0 Å². The van der Waals surface area contributed by atoms with Gasteiger partial charge in [-0.3, -0.25) is 4.79 Å². The highest BCUT2D eigenvalue weighted by atomic mass is 19.1. The number of ether oxygens (including phenoxy) is 1. The molecule has 4 nitrogen and oxygen atoms in total. The number of hydrogen-bond donors (Lipinski definition) is 2. The van der Waals surface area contributed by atoms with Gasteiger partial charge in [-0.05, 0) is 54.4 Å². The van der Waals surface area contributed by atoms with Gasteiger partial charge in [0.2, 0.25) is 0 Å². The molecule has 0 radical (unpaired) electrons. The van der Waals surface area contributed by atoms with E-state index in [1.54, 1.807) is 7.11 Å². The number of halogens is 1. The Morgan fingerprint density at radius 3 is 2.37 bits per heavy atom. The molecular formula is C22H21FN2O2. The molecule has 0 aliphatic carbocycles. The molecule has 1 amide bonds. The minimum atomic E-state index is -0.646. The van der Waals surface area contributed by atoms with E-state index in [4.69, 9.17) is 4.74 Å². The predicted octanol–water partition coefficient (Wildman–Crippen LogP) is 4.93. The number of aryl methyl sites for hydroxylation is 1. The van der Waals surface area contributed by atoms with E-state index in [2.05, 4.69) is 10.6 Å². The Bertz CT molecular complexity index is 911. The molecule has 3 aromatic rings. The smallest absolute Gasteiger partial charge is 0.251 e. The third-order valence-corrected chi connectivity index (χ3v) is 4.16. The molecule has 1 atom stereocenters. The average molecular weight is 364 g/mol. The summed E-state index contributed by atoms with van der Waals surface area (Å²) in [5, 5.41) is 6.11. The Morgan fingerprint density at radius 1 is 1.00 bits per heavy atom. The van der Waals surface area contributed by atoms with Crippen LogP contribution in [0.2, 0.25) is 0 Å². The SMILES string of the molecule is COc1ccc(C)cc1N[C@H](C(=O)Nc1ccc(F)cc1)c1ccccc1. The maximum atomic E-state index is 13.1. The molecule has 27 heavy (non-hydrogen) atoms. The maximum Gasteiger partial charge on any atom is 0.251 e. The molecule has 138 valence electrons. The highest BCUT2D eigenvalue weighted by Gasteiger charge is 2.22. The molecule has 0 bridgehead atoms. The molecule has 0 spiro atoms. The Kier molecular flexibility index (Phi) is 5.71. The van der Waals surface area contributed by atoms with Crippen molar-refractivity contribution in [3.05, 3.63) is 89.7 Å². The molecule has 0 aromatic heterocycles. The minimum Gasteiger partial charge on any atom is -0.495 e. The van der Waals surface area contributed by atoms with Crippen molar-refractivity contribution in [1.29, 1.82) is 0 Å². The van der Waals surface area contributed by atoms with Crippen molar-refractivity contribution in [2.45, 2.75) is 13.0 Å². The molecule has 3 aromatic carbocycles. The Hall–Kier alpha value is -3.34. The molecule has 0 saturated carbocycles. The quantitative estimate of drug-likeness (QED) is 0.652. The fraction of sp³-hybridized carbons (Fsp3) is 0.136. The number of methoxy groups -OCH3 is 1. The second-order valence-corrected chi connectivity index (χ2v) is 6.19. The van der Waals surface area contributed by atoms with Gasteiger partial charge in [0.15, 0.2) is 0 Å². The van der Waals surface area contributed by atoms with Crippen LogP contribution in [0.5, 0.6) is 5.75 Å². The molecule has 0 aliphatic rings. The van der Waals surface area contributed by atoms with Gasteiger partial charge >= 0.3 is 0 Å². The zero-order valence-electron chi connectivity index (χ0n) is 15.2. The molecule has 0 saturated heterocycles. The predicted molar refractivity (Wildman–Crippen MR) is 106 cm³/mol. The van der Waals surface area contributed by atoms with E-state index in [0.29, 0.717) is 11.4 Å². The van der Waals surface area contributed by atoms with Crippen LogP contribution in [0.25, 0.3) is 0 Å². The number of nitrogens with one attached hydrogen (secondary N) is 2. The summed E-state index contributed by atoms with van der Waals surface area (Å²) in [7, 11) is 1.59. The summed E-state index contributed by atoms with van der Waals surface area (Å²) in [4.78, 5) is 13.0. The summed E-state index contributed by atoms with van der Waals surface area (Å²) >= 11 is 0. The van der Waals surface area contributed by atoms with Crippen molar-refractivity contribution in [3.8, 4) is 5.75 Å². The van der Waals surface area contributed by atoms with Crippen LogP contribution >= 0.6 is 0 Å². The van der Waals surface area contributed by atoms with Crippen LogP contribution in [0.1, 0.15) is 17.2 Å². The monoisotopic (exact) mass is 364 g/mol. The standard InChI is InChI=1S/C22H21FN2O2/c1-15-8-13-20(27-2)19(14-15)25-21(16-6-4-3-5-7-16)22(26)24-18-11-9-17(23)10-12-18/h3-14,21,25H,1-2H3,(H,24,26)/t21-/m0/s1. The lowest BCUT2D eigenvalue weighted by Crippen LogP contribution is -2.27. The third-order valence-electron chi connectivity index (χ3n) is 4.16. The first-order valence-electron chi connectivity index (χ1n) is 8.59. The lowest BCUT2D eigenvalue weighted by molar-refractivity contribution is -0.117. The number of hydrogen-bond acceptors (Lipinski definition) is 3. The van der Waals surface area contributed by atoms with E-state index in [1.165, 1.54) is 24.3 Å². The number of carbonyl (C=O) groups excluding carboxylic acids is 1. The summed E-state index contributed by atoms with van der Waals surface area (Å²) < 4.78 is 18.5. The molecule has 5 heteroatoms. The number of carbonyl (C=O) groups is 1. The van der Waals surface area contributed by atoms with Crippen molar-refractivity contribution < 1.29 is 13.9 Å². The van der Waals surface area contributed by atoms with Gasteiger partial charge in [-0.1, -0.05) is 36.4 Å². The summed E-state index contributed by atoms with van der Waals surface area (Å²) in [5.41, 5.74) is 3.10. The van der Waals surface area contributed by atoms with Crippen molar-refractivity contribution in [2.75, 3.05) is 17.7 Å². The highest BCUT2D eigenvalue weighted by Crippen LogP contribution is 2.30. The van der Waals surface area contributed by atoms with Crippen LogP contribution in [0.4, 0.5) is 15.8 Å². The van der Waals surface area contributed by atoms with Crippen molar-refractivity contribution in [3.63, 3.8) is 0 Å². The van der Waals surface area contributed by atoms with Crippen LogP contribution < -0.4 is 15.4 Å². The lowest BCUT2D eigenvalue weighted by atomic mass is 10.0. The molecule has 0 heterocycles. The van der Waals surface area contributed by atoms with Crippen LogP contribution in [-0.2, 0) is 4.79 Å². The molecule has 0 fully saturated rings. The minimum absolute atomic E-state index is 0.253. The van der Waals surface area contributed by atoms with Gasteiger partial charge in [-0.25, -0.2) is 4.39 Å². The zero-order valence-corrected chi connectivity index (χ0v) is 15.2. The third kappa shape index (κ3) is 4.64. The van der Waals surface area contributed by atoms with Crippen LogP contribution in [-0.4, -0.2) is 13.0 Å². The van der Waals surface area contributed by atoms with E-state index >= 15 is 0 Å². The summed E-state index contributed by atoms with van der Waals surface area (Å²) in [5.74, 6) is 0.0442. The summed E-state index contributed by atoms with van der Waals surface area (Å²) in [6.07, 6.45) is 0. The van der Waals surface area contributed by atoms with E-state index in [1.807, 2.05) is 55.5 Å². The van der Waals surface area contributed by atoms with Crippen molar-refractivity contribution in [1.82, 2.24) is 0 Å². The van der Waals surface area contributed by atoms with E-state index in [0.717, 1.165) is 16.8 Å².